The Bertz CT molecular complexity index is 604. The first-order chi connectivity index (χ1) is 9.68. The van der Waals surface area contributed by atoms with E-state index in [2.05, 4.69) is 4.98 Å². The number of H-pyrrole nitrogens is 1. The van der Waals surface area contributed by atoms with Crippen LogP contribution in [0.4, 0.5) is 5.69 Å². The molecule has 1 amide bonds. The number of nitrogen functional groups attached to an aromatic ring is 1. The number of carbonyl (C=O) groups excluding carboxylic acids is 1. The molecule has 0 saturated carbocycles. The maximum absolute atomic E-state index is 12.7. The van der Waals surface area contributed by atoms with E-state index >= 15 is 0 Å². The number of halogens is 1. The summed E-state index contributed by atoms with van der Waals surface area (Å²) in [4.78, 5) is 17.8. The van der Waals surface area contributed by atoms with Crippen LogP contribution < -0.4 is 5.73 Å². The van der Waals surface area contributed by atoms with Gasteiger partial charge in [-0.1, -0.05) is 17.7 Å². The van der Waals surface area contributed by atoms with E-state index in [1.54, 1.807) is 18.2 Å². The molecule has 104 valence electrons. The van der Waals surface area contributed by atoms with Gasteiger partial charge in [0.15, 0.2) is 0 Å². The number of rotatable bonds is 2. The van der Waals surface area contributed by atoms with Crippen LogP contribution in [0.5, 0.6) is 0 Å². The number of amides is 1. The number of nitrogens with two attached hydrogens (primary N) is 1. The molecule has 1 atom stereocenters. The molecule has 5 heteroatoms. The number of hydrogen-bond donors (Lipinski definition) is 2. The lowest BCUT2D eigenvalue weighted by atomic mass is 10.1. The number of benzene rings is 1. The van der Waals surface area contributed by atoms with Crippen LogP contribution in [0.2, 0.25) is 5.02 Å². The Morgan fingerprint density at radius 1 is 1.35 bits per heavy atom. The Morgan fingerprint density at radius 2 is 2.20 bits per heavy atom. The van der Waals surface area contributed by atoms with Gasteiger partial charge < -0.3 is 15.6 Å². The Morgan fingerprint density at radius 3 is 2.90 bits per heavy atom. The van der Waals surface area contributed by atoms with Crippen molar-refractivity contribution < 1.29 is 4.79 Å². The van der Waals surface area contributed by atoms with Gasteiger partial charge in [0.2, 0.25) is 0 Å². The molecule has 2 aromatic rings. The van der Waals surface area contributed by atoms with Crippen molar-refractivity contribution in [1.29, 1.82) is 0 Å². The molecule has 0 bridgehead atoms. The van der Waals surface area contributed by atoms with Crippen LogP contribution in [0, 0.1) is 0 Å². The summed E-state index contributed by atoms with van der Waals surface area (Å²) in [7, 11) is 0. The topological polar surface area (TPSA) is 62.1 Å². The fourth-order valence-corrected chi connectivity index (χ4v) is 3.06. The van der Waals surface area contributed by atoms with Crippen molar-refractivity contribution in [2.75, 3.05) is 12.3 Å². The van der Waals surface area contributed by atoms with Crippen LogP contribution in [0.15, 0.2) is 36.5 Å². The molecule has 1 fully saturated rings. The van der Waals surface area contributed by atoms with E-state index < -0.39 is 0 Å². The number of hydrogen-bond acceptors (Lipinski definition) is 2. The molecule has 3 N–H and O–H groups in total. The van der Waals surface area contributed by atoms with Gasteiger partial charge in [-0.25, -0.2) is 0 Å². The largest absolute Gasteiger partial charge is 0.398 e. The summed E-state index contributed by atoms with van der Waals surface area (Å²) in [6, 6.07) is 9.19. The molecule has 0 spiro atoms. The summed E-state index contributed by atoms with van der Waals surface area (Å²) in [5, 5.41) is 0.409. The molecule has 1 aromatic carbocycles. The van der Waals surface area contributed by atoms with Gasteiger partial charge in [-0.3, -0.25) is 4.79 Å². The minimum absolute atomic E-state index is 0.0770. The molecule has 1 aromatic heterocycles. The second-order valence-electron chi connectivity index (χ2n) is 4.99. The number of nitrogens with zero attached hydrogens (tertiary/aromatic N) is 1. The van der Waals surface area contributed by atoms with Crippen molar-refractivity contribution >= 4 is 23.2 Å². The molecular weight excluding hydrogens is 274 g/mol. The van der Waals surface area contributed by atoms with Gasteiger partial charge in [-0.2, -0.15) is 0 Å². The molecule has 0 aliphatic carbocycles. The van der Waals surface area contributed by atoms with Crippen LogP contribution in [0.1, 0.15) is 34.9 Å². The van der Waals surface area contributed by atoms with Crippen molar-refractivity contribution in [2.45, 2.75) is 18.9 Å². The molecule has 1 aliphatic rings. The Hall–Kier alpha value is -1.94. The fourth-order valence-electron chi connectivity index (χ4n) is 2.79. The van der Waals surface area contributed by atoms with E-state index in [0.29, 0.717) is 16.3 Å². The zero-order valence-corrected chi connectivity index (χ0v) is 11.7. The summed E-state index contributed by atoms with van der Waals surface area (Å²) in [6.07, 6.45) is 3.82. The van der Waals surface area contributed by atoms with Crippen LogP contribution >= 0.6 is 11.6 Å². The normalized spacial score (nSPS) is 18.4. The number of anilines is 1. The van der Waals surface area contributed by atoms with Crippen molar-refractivity contribution in [1.82, 2.24) is 9.88 Å². The molecule has 1 aliphatic heterocycles. The van der Waals surface area contributed by atoms with Crippen molar-refractivity contribution in [3.63, 3.8) is 0 Å². The van der Waals surface area contributed by atoms with Gasteiger partial charge in [-0.15, -0.1) is 0 Å². The second-order valence-corrected chi connectivity index (χ2v) is 5.39. The number of aromatic amines is 1. The van der Waals surface area contributed by atoms with Crippen molar-refractivity contribution in [3.05, 3.63) is 52.8 Å². The average molecular weight is 290 g/mol. The zero-order valence-electron chi connectivity index (χ0n) is 11.0. The maximum Gasteiger partial charge on any atom is 0.258 e. The fraction of sp³-hybridized carbons (Fsp3) is 0.267. The quantitative estimate of drug-likeness (QED) is 0.834. The molecule has 4 nitrogen and oxygen atoms in total. The number of likely N-dealkylation sites (tertiary alicyclic amines) is 1. The smallest absolute Gasteiger partial charge is 0.258 e. The molecule has 1 unspecified atom stereocenters. The number of nitrogens with one attached hydrogen (secondary N) is 1. The van der Waals surface area contributed by atoms with E-state index in [-0.39, 0.29) is 11.9 Å². The first-order valence-electron chi connectivity index (χ1n) is 6.66. The lowest BCUT2D eigenvalue weighted by Crippen LogP contribution is -2.31. The van der Waals surface area contributed by atoms with Gasteiger partial charge in [0, 0.05) is 24.1 Å². The van der Waals surface area contributed by atoms with E-state index in [9.17, 15) is 4.79 Å². The van der Waals surface area contributed by atoms with Crippen LogP contribution in [0.3, 0.4) is 0 Å². The highest BCUT2D eigenvalue weighted by Crippen LogP contribution is 2.34. The summed E-state index contributed by atoms with van der Waals surface area (Å²) in [6.45, 7) is 0.729. The van der Waals surface area contributed by atoms with E-state index in [0.717, 1.165) is 25.1 Å². The van der Waals surface area contributed by atoms with Gasteiger partial charge in [0.25, 0.3) is 5.91 Å². The summed E-state index contributed by atoms with van der Waals surface area (Å²) in [5.41, 5.74) is 7.81. The summed E-state index contributed by atoms with van der Waals surface area (Å²) in [5.74, 6) is -0.0924. The Kier molecular flexibility index (Phi) is 3.40. The van der Waals surface area contributed by atoms with Crippen molar-refractivity contribution in [3.8, 4) is 0 Å². The third-order valence-electron chi connectivity index (χ3n) is 3.75. The average Bonchev–Trinajstić information content (AvgIpc) is 3.09. The Balaban J connectivity index is 1.94. The van der Waals surface area contributed by atoms with E-state index in [1.165, 1.54) is 0 Å². The first-order valence-corrected chi connectivity index (χ1v) is 7.04. The SMILES string of the molecule is Nc1cccc(Cl)c1C(=O)N1CCCC1c1ccc[nH]1. The predicted octanol–water partition coefficient (Wildman–Crippen LogP) is 3.23. The first kappa shape index (κ1) is 13.1. The minimum Gasteiger partial charge on any atom is -0.398 e. The standard InChI is InChI=1S/C15H16ClN3O/c16-10-4-1-5-11(17)14(10)15(20)19-9-3-7-13(19)12-6-2-8-18-12/h1-2,4-6,8,13,18H,3,7,9,17H2. The zero-order chi connectivity index (χ0) is 14.1. The molecule has 1 saturated heterocycles. The van der Waals surface area contributed by atoms with Gasteiger partial charge >= 0.3 is 0 Å². The van der Waals surface area contributed by atoms with Crippen LogP contribution in [0.25, 0.3) is 0 Å². The van der Waals surface area contributed by atoms with Crippen LogP contribution in [-0.2, 0) is 0 Å². The lowest BCUT2D eigenvalue weighted by Gasteiger charge is -2.25. The molecule has 20 heavy (non-hydrogen) atoms. The van der Waals surface area contributed by atoms with Crippen molar-refractivity contribution in [2.24, 2.45) is 0 Å². The Labute approximate surface area is 122 Å². The highest BCUT2D eigenvalue weighted by molar-refractivity contribution is 6.34. The predicted molar refractivity (Wildman–Crippen MR) is 79.7 cm³/mol. The summed E-state index contributed by atoms with van der Waals surface area (Å²) < 4.78 is 0. The number of aromatic nitrogens is 1. The van der Waals surface area contributed by atoms with Gasteiger partial charge in [0.05, 0.1) is 16.6 Å². The monoisotopic (exact) mass is 289 g/mol. The summed E-state index contributed by atoms with van der Waals surface area (Å²) >= 11 is 6.14. The number of carbonyl (C=O) groups is 1. The lowest BCUT2D eigenvalue weighted by molar-refractivity contribution is 0.0734. The molecule has 2 heterocycles. The molecule has 3 rings (SSSR count). The minimum atomic E-state index is -0.0924. The van der Waals surface area contributed by atoms with E-state index in [1.807, 2.05) is 23.2 Å². The third-order valence-corrected chi connectivity index (χ3v) is 4.07. The third kappa shape index (κ3) is 2.16. The highest BCUT2D eigenvalue weighted by Gasteiger charge is 2.32. The highest BCUT2D eigenvalue weighted by atomic mass is 35.5. The molecule has 0 radical (unpaired) electrons. The van der Waals surface area contributed by atoms with E-state index in [4.69, 9.17) is 17.3 Å². The second kappa shape index (κ2) is 5.21. The van der Waals surface area contributed by atoms with Gasteiger partial charge in [0.1, 0.15) is 0 Å². The molecular formula is C15H16ClN3O. The maximum atomic E-state index is 12.7. The van der Waals surface area contributed by atoms with Crippen LogP contribution in [-0.4, -0.2) is 22.3 Å². The van der Waals surface area contributed by atoms with Gasteiger partial charge in [-0.05, 0) is 37.1 Å².